The number of carbonyl (C=O) groups is 1. The second-order valence-corrected chi connectivity index (χ2v) is 14.8. The molecule has 0 radical (unpaired) electrons. The Kier molecular flexibility index (Phi) is 10.4. The molecule has 1 heterocycles. The molecule has 2 fully saturated rings. The van der Waals surface area contributed by atoms with Crippen LogP contribution in [0, 0.1) is 11.8 Å². The van der Waals surface area contributed by atoms with Crippen molar-refractivity contribution in [3.63, 3.8) is 0 Å². The highest BCUT2D eigenvalue weighted by Gasteiger charge is 2.36. The van der Waals surface area contributed by atoms with E-state index in [1.165, 1.54) is 42.1 Å². The van der Waals surface area contributed by atoms with E-state index in [0.717, 1.165) is 42.5 Å². The van der Waals surface area contributed by atoms with E-state index in [1.807, 2.05) is 48.5 Å². The lowest BCUT2D eigenvalue weighted by molar-refractivity contribution is -0.144. The molecule has 0 amide bonds. The molecule has 2 aliphatic rings. The van der Waals surface area contributed by atoms with E-state index >= 15 is 0 Å². The van der Waals surface area contributed by atoms with Crippen LogP contribution in [0.25, 0.3) is 0 Å². The van der Waals surface area contributed by atoms with Gasteiger partial charge in [0.05, 0.1) is 4.90 Å². The van der Waals surface area contributed by atoms with Crippen molar-refractivity contribution in [1.82, 2.24) is 9.21 Å². The van der Waals surface area contributed by atoms with Crippen molar-refractivity contribution in [2.45, 2.75) is 68.8 Å². The molecule has 3 aromatic carbocycles. The van der Waals surface area contributed by atoms with Crippen LogP contribution in [0.2, 0.25) is 0 Å². The zero-order valence-electron chi connectivity index (χ0n) is 25.7. The van der Waals surface area contributed by atoms with Gasteiger partial charge in [0.2, 0.25) is 10.0 Å². The predicted molar refractivity (Wildman–Crippen MR) is 171 cm³/mol. The fourth-order valence-corrected chi connectivity index (χ4v) is 8.20. The standard InChI is InChI=1S/C36H46N2O4S/c1-36(33-14-7-4-8-15-33,23-25-38-24-22-31-12-9-13-32(31)26-38)28-37(2)43(40,41)34-19-16-29(17-20-34)18-21-35(39)42-27-30-10-5-3-6-11-30/h3-8,10-11,14-17,19-20,31-32H,9,12-13,18,21-28H2,1-2H3. The number of fused-ring (bicyclic) bond motifs is 1. The first-order chi connectivity index (χ1) is 20.7. The van der Waals surface area contributed by atoms with E-state index in [9.17, 15) is 13.2 Å². The van der Waals surface area contributed by atoms with Gasteiger partial charge in [0, 0.05) is 32.0 Å². The number of esters is 1. The van der Waals surface area contributed by atoms with Crippen molar-refractivity contribution >= 4 is 16.0 Å². The van der Waals surface area contributed by atoms with Crippen LogP contribution in [0.3, 0.4) is 0 Å². The van der Waals surface area contributed by atoms with E-state index in [1.54, 1.807) is 31.3 Å². The minimum atomic E-state index is -3.69. The van der Waals surface area contributed by atoms with Gasteiger partial charge < -0.3 is 9.64 Å². The molecule has 0 spiro atoms. The van der Waals surface area contributed by atoms with Crippen molar-refractivity contribution in [3.8, 4) is 0 Å². The van der Waals surface area contributed by atoms with E-state index in [4.69, 9.17) is 4.74 Å². The van der Waals surface area contributed by atoms with Crippen molar-refractivity contribution in [1.29, 1.82) is 0 Å². The molecule has 43 heavy (non-hydrogen) atoms. The van der Waals surface area contributed by atoms with E-state index in [-0.39, 0.29) is 29.3 Å². The van der Waals surface area contributed by atoms with Crippen LogP contribution in [-0.4, -0.2) is 56.8 Å². The number of benzene rings is 3. The summed E-state index contributed by atoms with van der Waals surface area (Å²) >= 11 is 0. The number of sulfonamides is 1. The number of carbonyl (C=O) groups excluding carboxylic acids is 1. The average molecular weight is 603 g/mol. The third kappa shape index (κ3) is 8.14. The van der Waals surface area contributed by atoms with Crippen LogP contribution in [0.4, 0.5) is 0 Å². The maximum absolute atomic E-state index is 13.7. The molecule has 3 unspecified atom stereocenters. The summed E-state index contributed by atoms with van der Waals surface area (Å²) in [5.41, 5.74) is 2.70. The molecule has 0 N–H and O–H groups in total. The molecule has 3 atom stereocenters. The lowest BCUT2D eigenvalue weighted by Crippen LogP contribution is -2.44. The molecule has 1 aliphatic carbocycles. The predicted octanol–water partition coefficient (Wildman–Crippen LogP) is 6.45. The number of aryl methyl sites for hydroxylation is 1. The monoisotopic (exact) mass is 602 g/mol. The van der Waals surface area contributed by atoms with Crippen LogP contribution in [0.15, 0.2) is 89.8 Å². The molecular weight excluding hydrogens is 556 g/mol. The number of likely N-dealkylation sites (N-methyl/N-ethyl adjacent to an activating group) is 1. The van der Waals surface area contributed by atoms with Gasteiger partial charge in [0.15, 0.2) is 0 Å². The Hall–Kier alpha value is -3.00. The Balaban J connectivity index is 1.19. The van der Waals surface area contributed by atoms with Crippen molar-refractivity contribution in [2.75, 3.05) is 33.2 Å². The summed E-state index contributed by atoms with van der Waals surface area (Å²) in [6.07, 6.45) is 7.05. The number of likely N-dealkylation sites (tertiary alicyclic amines) is 1. The molecule has 3 aromatic rings. The molecule has 7 heteroatoms. The molecule has 1 saturated heterocycles. The highest BCUT2D eigenvalue weighted by Crippen LogP contribution is 2.38. The fraction of sp³-hybridized carbons (Fsp3) is 0.472. The highest BCUT2D eigenvalue weighted by atomic mass is 32.2. The van der Waals surface area contributed by atoms with E-state index < -0.39 is 10.0 Å². The van der Waals surface area contributed by atoms with Crippen LogP contribution >= 0.6 is 0 Å². The van der Waals surface area contributed by atoms with Gasteiger partial charge >= 0.3 is 5.97 Å². The van der Waals surface area contributed by atoms with Crippen molar-refractivity contribution in [2.24, 2.45) is 11.8 Å². The first kappa shape index (κ1) is 31.4. The molecule has 0 bridgehead atoms. The highest BCUT2D eigenvalue weighted by molar-refractivity contribution is 7.89. The Morgan fingerprint density at radius 1 is 0.907 bits per heavy atom. The molecule has 230 valence electrons. The number of ether oxygens (including phenoxy) is 1. The third-order valence-corrected chi connectivity index (χ3v) is 11.5. The second kappa shape index (κ2) is 14.2. The van der Waals surface area contributed by atoms with Gasteiger partial charge in [0.1, 0.15) is 6.61 Å². The van der Waals surface area contributed by atoms with Gasteiger partial charge in [-0.1, -0.05) is 92.6 Å². The summed E-state index contributed by atoms with van der Waals surface area (Å²) < 4.78 is 34.3. The zero-order valence-corrected chi connectivity index (χ0v) is 26.5. The first-order valence-electron chi connectivity index (χ1n) is 15.8. The first-order valence-corrected chi connectivity index (χ1v) is 17.2. The van der Waals surface area contributed by atoms with Crippen molar-refractivity contribution in [3.05, 3.63) is 102 Å². The van der Waals surface area contributed by atoms with Gasteiger partial charge in [-0.2, -0.15) is 0 Å². The molecule has 1 saturated carbocycles. The summed E-state index contributed by atoms with van der Waals surface area (Å²) in [5, 5.41) is 0. The number of piperidine rings is 1. The number of nitrogens with zero attached hydrogens (tertiary/aromatic N) is 2. The molecule has 5 rings (SSSR count). The van der Waals surface area contributed by atoms with Crippen molar-refractivity contribution < 1.29 is 17.9 Å². The van der Waals surface area contributed by atoms with Gasteiger partial charge in [0.25, 0.3) is 0 Å². The Morgan fingerprint density at radius 3 is 2.30 bits per heavy atom. The van der Waals surface area contributed by atoms with Crippen LogP contribution in [-0.2, 0) is 38.0 Å². The van der Waals surface area contributed by atoms with Crippen LogP contribution in [0.5, 0.6) is 0 Å². The quantitative estimate of drug-likeness (QED) is 0.210. The summed E-state index contributed by atoms with van der Waals surface area (Å²) in [7, 11) is -2.00. The molecular formula is C36H46N2O4S. The lowest BCUT2D eigenvalue weighted by Gasteiger charge is -2.39. The summed E-state index contributed by atoms with van der Waals surface area (Å²) in [5.74, 6) is 1.48. The number of hydrogen-bond acceptors (Lipinski definition) is 5. The van der Waals surface area contributed by atoms with Gasteiger partial charge in [-0.15, -0.1) is 0 Å². The molecule has 0 aromatic heterocycles. The summed E-state index contributed by atoms with van der Waals surface area (Å²) in [4.78, 5) is 15.1. The Bertz CT molecular complexity index is 1430. The second-order valence-electron chi connectivity index (χ2n) is 12.8. The maximum Gasteiger partial charge on any atom is 0.306 e. The average Bonchev–Trinajstić information content (AvgIpc) is 3.51. The fourth-order valence-electron chi connectivity index (χ4n) is 6.91. The van der Waals surface area contributed by atoms with E-state index in [2.05, 4.69) is 24.0 Å². The SMILES string of the molecule is CN(CC(C)(CCN1CCC2CCCC2C1)c1ccccc1)S(=O)(=O)c1ccc(CCC(=O)OCc2ccccc2)cc1. The summed E-state index contributed by atoms with van der Waals surface area (Å²) in [6.45, 7) is 6.16. The van der Waals surface area contributed by atoms with Gasteiger partial charge in [-0.05, 0) is 79.4 Å². The van der Waals surface area contributed by atoms with Crippen LogP contribution in [0.1, 0.15) is 62.1 Å². The summed E-state index contributed by atoms with van der Waals surface area (Å²) in [6, 6.07) is 26.9. The van der Waals surface area contributed by atoms with E-state index in [0.29, 0.717) is 13.0 Å². The number of rotatable bonds is 13. The Morgan fingerprint density at radius 2 is 1.58 bits per heavy atom. The minimum Gasteiger partial charge on any atom is -0.461 e. The smallest absolute Gasteiger partial charge is 0.306 e. The Labute approximate surface area is 258 Å². The maximum atomic E-state index is 13.7. The van der Waals surface area contributed by atoms with Gasteiger partial charge in [-0.25, -0.2) is 12.7 Å². The largest absolute Gasteiger partial charge is 0.461 e. The normalized spacial score (nSPS) is 20.4. The zero-order chi connectivity index (χ0) is 30.3. The molecule has 6 nitrogen and oxygen atoms in total. The van der Waals surface area contributed by atoms with Gasteiger partial charge in [-0.3, -0.25) is 4.79 Å². The van der Waals surface area contributed by atoms with Crippen LogP contribution < -0.4 is 0 Å². The minimum absolute atomic E-state index is 0.243. The third-order valence-electron chi connectivity index (χ3n) is 9.64. The molecule has 1 aliphatic heterocycles. The lowest BCUT2D eigenvalue weighted by atomic mass is 9.78. The topological polar surface area (TPSA) is 66.9 Å². The number of hydrogen-bond donors (Lipinski definition) is 0.